The van der Waals surface area contributed by atoms with Crippen LogP contribution < -0.4 is 5.19 Å². The van der Waals surface area contributed by atoms with Crippen LogP contribution in [-0.2, 0) is 26.5 Å². The standard InChI is InChI=1S/C30H26NO.C15H18NSi.Ir/c1-3-8-21(9-4-1)18-22-16-17-31-28(19-22)27-13-7-12-26-25-15-14-24(20-29(25)32-30(26)27)23-10-5-2-6-11-23;1-12-10-14(13-8-6-5-7-9-13)16-11-15(12)17(2,3)4;/h2,5-7,10-12,14-17,19-21H,1,3-4,8-9,18H2;5-8,10-11H,1-4H3;/q2*-1;. The van der Waals surface area contributed by atoms with E-state index in [9.17, 15) is 0 Å². The van der Waals surface area contributed by atoms with Crippen molar-refractivity contribution >= 4 is 35.2 Å². The first-order valence-corrected chi connectivity index (χ1v) is 21.2. The normalized spacial score (nSPS) is 13.4. The van der Waals surface area contributed by atoms with E-state index >= 15 is 0 Å². The van der Waals surface area contributed by atoms with Gasteiger partial charge in [-0.2, -0.15) is 0 Å². The maximum atomic E-state index is 6.42. The summed E-state index contributed by atoms with van der Waals surface area (Å²) in [5.41, 5.74) is 10.8. The van der Waals surface area contributed by atoms with Gasteiger partial charge in [0.2, 0.25) is 0 Å². The molecular formula is C45H44IrN2OSi-2. The van der Waals surface area contributed by atoms with Gasteiger partial charge in [0.05, 0.1) is 13.7 Å². The molecule has 1 aliphatic rings. The Hall–Kier alpha value is -4.15. The first kappa shape index (κ1) is 35.7. The number of hydrogen-bond donors (Lipinski definition) is 0. The van der Waals surface area contributed by atoms with Crippen molar-refractivity contribution < 1.29 is 24.5 Å². The predicted molar refractivity (Wildman–Crippen MR) is 208 cm³/mol. The van der Waals surface area contributed by atoms with Gasteiger partial charge in [-0.3, -0.25) is 0 Å². The van der Waals surface area contributed by atoms with Crippen molar-refractivity contribution in [2.75, 3.05) is 0 Å². The van der Waals surface area contributed by atoms with Gasteiger partial charge in [0.25, 0.3) is 0 Å². The molecular weight excluding hydrogens is 805 g/mol. The second kappa shape index (κ2) is 15.8. The molecule has 3 nitrogen and oxygen atoms in total. The van der Waals surface area contributed by atoms with Crippen molar-refractivity contribution in [3.63, 3.8) is 0 Å². The molecule has 5 heteroatoms. The molecule has 0 atom stereocenters. The minimum atomic E-state index is -1.27. The van der Waals surface area contributed by atoms with Crippen molar-refractivity contribution in [3.05, 3.63) is 139 Å². The summed E-state index contributed by atoms with van der Waals surface area (Å²) in [5.74, 6) is 0.807. The third-order valence-corrected chi connectivity index (χ3v) is 11.9. The van der Waals surface area contributed by atoms with E-state index in [1.165, 1.54) is 54.0 Å². The smallest absolute Gasteiger partial charge is 0.121 e. The summed E-state index contributed by atoms with van der Waals surface area (Å²) in [6.07, 6.45) is 12.0. The van der Waals surface area contributed by atoms with Gasteiger partial charge >= 0.3 is 0 Å². The third-order valence-electron chi connectivity index (χ3n) is 9.77. The van der Waals surface area contributed by atoms with Crippen molar-refractivity contribution in [3.8, 4) is 33.6 Å². The van der Waals surface area contributed by atoms with Crippen LogP contribution in [0.15, 0.2) is 120 Å². The van der Waals surface area contributed by atoms with Crippen LogP contribution >= 0.6 is 0 Å². The Bertz CT molecular complexity index is 2180. The summed E-state index contributed by atoms with van der Waals surface area (Å²) < 4.78 is 6.42. The van der Waals surface area contributed by atoms with Gasteiger partial charge in [0.15, 0.2) is 0 Å². The molecule has 0 amide bonds. The van der Waals surface area contributed by atoms with Gasteiger partial charge in [0, 0.05) is 37.9 Å². The van der Waals surface area contributed by atoms with Crippen LogP contribution in [0.4, 0.5) is 0 Å². The predicted octanol–water partition coefficient (Wildman–Crippen LogP) is 11.6. The molecule has 1 saturated carbocycles. The molecule has 7 aromatic rings. The molecule has 8 rings (SSSR count). The van der Waals surface area contributed by atoms with Gasteiger partial charge in [-0.25, -0.2) is 0 Å². The van der Waals surface area contributed by atoms with Crippen LogP contribution in [0.1, 0.15) is 43.2 Å². The van der Waals surface area contributed by atoms with E-state index in [-0.39, 0.29) is 20.1 Å². The zero-order valence-electron chi connectivity index (χ0n) is 29.4. The van der Waals surface area contributed by atoms with E-state index in [0.717, 1.165) is 62.4 Å². The summed E-state index contributed by atoms with van der Waals surface area (Å²) in [6.45, 7) is 9.24. The number of fused-ring (bicyclic) bond motifs is 3. The Balaban J connectivity index is 0.000000204. The van der Waals surface area contributed by atoms with Gasteiger partial charge in [0.1, 0.15) is 5.58 Å². The average molecular weight is 849 g/mol. The molecule has 0 aliphatic heterocycles. The number of aromatic nitrogens is 2. The average Bonchev–Trinajstić information content (AvgIpc) is 3.51. The summed E-state index contributed by atoms with van der Waals surface area (Å²) in [4.78, 5) is 9.28. The molecule has 0 saturated heterocycles. The van der Waals surface area contributed by atoms with Crippen LogP contribution in [0.3, 0.4) is 0 Å². The maximum absolute atomic E-state index is 6.42. The molecule has 3 aromatic heterocycles. The number of furan rings is 1. The molecule has 1 fully saturated rings. The minimum Gasteiger partial charge on any atom is -0.501 e. The first-order valence-electron chi connectivity index (χ1n) is 17.7. The molecule has 4 aromatic carbocycles. The number of pyridine rings is 2. The largest absolute Gasteiger partial charge is 0.501 e. The van der Waals surface area contributed by atoms with Gasteiger partial charge in [-0.1, -0.05) is 128 Å². The van der Waals surface area contributed by atoms with E-state index in [1.807, 2.05) is 36.5 Å². The topological polar surface area (TPSA) is 38.9 Å². The number of benzene rings is 4. The number of rotatable bonds is 6. The molecule has 50 heavy (non-hydrogen) atoms. The molecule has 0 unspecified atom stereocenters. The van der Waals surface area contributed by atoms with E-state index in [4.69, 9.17) is 9.40 Å². The monoisotopic (exact) mass is 849 g/mol. The van der Waals surface area contributed by atoms with E-state index in [1.54, 1.807) is 0 Å². The van der Waals surface area contributed by atoms with Crippen LogP contribution in [0.2, 0.25) is 19.6 Å². The zero-order valence-corrected chi connectivity index (χ0v) is 32.8. The fraction of sp³-hybridized carbons (Fsp3) is 0.244. The van der Waals surface area contributed by atoms with Crippen molar-refractivity contribution in [2.24, 2.45) is 5.92 Å². The fourth-order valence-electron chi connectivity index (χ4n) is 7.25. The third kappa shape index (κ3) is 8.07. The number of nitrogens with zero attached hydrogens (tertiary/aromatic N) is 2. The summed E-state index contributed by atoms with van der Waals surface area (Å²) in [5, 5.41) is 3.69. The van der Waals surface area contributed by atoms with E-state index in [2.05, 4.69) is 123 Å². The van der Waals surface area contributed by atoms with Crippen LogP contribution in [0, 0.1) is 25.0 Å². The summed E-state index contributed by atoms with van der Waals surface area (Å²) >= 11 is 0. The first-order chi connectivity index (χ1) is 23.8. The van der Waals surface area contributed by atoms with Crippen molar-refractivity contribution in [2.45, 2.75) is 65.1 Å². The molecule has 1 radical (unpaired) electrons. The van der Waals surface area contributed by atoms with Crippen molar-refractivity contribution in [1.82, 2.24) is 9.97 Å². The SMILES string of the molecule is Cc1cc(-c2[c-]cccc2)ncc1[Si](C)(C)C.[Ir].[c-]1ccc2c(oc3cc(-c4ccccc4)ccc32)c1-c1cc(CC2CCCCC2)ccn1. The zero-order chi connectivity index (χ0) is 33.8. The molecule has 3 heterocycles. The van der Waals surface area contributed by atoms with Crippen LogP contribution in [-0.4, -0.2) is 18.0 Å². The number of aryl methyl sites for hydroxylation is 1. The van der Waals surface area contributed by atoms with Gasteiger partial charge in [-0.05, 0) is 59.1 Å². The quantitative estimate of drug-likeness (QED) is 0.124. The molecule has 1 aliphatic carbocycles. The molecule has 0 N–H and O–H groups in total. The Labute approximate surface area is 311 Å². The van der Waals surface area contributed by atoms with Crippen LogP contribution in [0.5, 0.6) is 0 Å². The second-order valence-electron chi connectivity index (χ2n) is 14.4. The van der Waals surface area contributed by atoms with Gasteiger partial charge in [-0.15, -0.1) is 54.1 Å². The molecule has 0 bridgehead atoms. The van der Waals surface area contributed by atoms with Gasteiger partial charge < -0.3 is 14.4 Å². The maximum Gasteiger partial charge on any atom is 0.121 e. The Morgan fingerprint density at radius 2 is 1.54 bits per heavy atom. The Morgan fingerprint density at radius 3 is 2.28 bits per heavy atom. The van der Waals surface area contributed by atoms with E-state index in [0.29, 0.717) is 0 Å². The Morgan fingerprint density at radius 1 is 0.740 bits per heavy atom. The summed E-state index contributed by atoms with van der Waals surface area (Å²) in [7, 11) is -1.27. The molecule has 0 spiro atoms. The molecule has 255 valence electrons. The van der Waals surface area contributed by atoms with Crippen molar-refractivity contribution in [1.29, 1.82) is 0 Å². The Kier molecular flexibility index (Phi) is 11.3. The van der Waals surface area contributed by atoms with Crippen LogP contribution in [0.25, 0.3) is 55.6 Å². The number of hydrogen-bond acceptors (Lipinski definition) is 3. The second-order valence-corrected chi connectivity index (χ2v) is 19.5. The summed E-state index contributed by atoms with van der Waals surface area (Å²) in [6, 6.07) is 42.2. The fourth-order valence-corrected chi connectivity index (χ4v) is 8.95. The minimum absolute atomic E-state index is 0. The van der Waals surface area contributed by atoms with E-state index < -0.39 is 8.07 Å².